The van der Waals surface area contributed by atoms with Crippen LogP contribution in [0.2, 0.25) is 0 Å². The molecule has 0 bridgehead atoms. The van der Waals surface area contributed by atoms with Crippen LogP contribution in [0.1, 0.15) is 17.0 Å². The summed E-state index contributed by atoms with van der Waals surface area (Å²) < 4.78 is 1.73. The molecule has 0 unspecified atom stereocenters. The Hall–Kier alpha value is -1.95. The van der Waals surface area contributed by atoms with Crippen LogP contribution >= 0.6 is 11.3 Å². The van der Waals surface area contributed by atoms with Crippen molar-refractivity contribution >= 4 is 22.0 Å². The number of rotatable bonds is 4. The molecule has 0 aliphatic carbocycles. The number of aromatic nitrogens is 4. The van der Waals surface area contributed by atoms with Gasteiger partial charge in [-0.25, -0.2) is 0 Å². The van der Waals surface area contributed by atoms with Gasteiger partial charge in [0.15, 0.2) is 0 Å². The number of nitrogen functional groups attached to an aromatic ring is 1. The smallest absolute Gasteiger partial charge is 0.234 e. The second-order valence-corrected chi connectivity index (χ2v) is 5.19. The highest BCUT2D eigenvalue weighted by atomic mass is 32.1. The lowest BCUT2D eigenvalue weighted by Crippen LogP contribution is -1.92. The molecule has 0 radical (unpaired) electrons. The second-order valence-electron chi connectivity index (χ2n) is 4.15. The van der Waals surface area contributed by atoms with Gasteiger partial charge in [-0.05, 0) is 30.5 Å². The van der Waals surface area contributed by atoms with Gasteiger partial charge in [-0.15, -0.1) is 10.2 Å². The molecule has 5 nitrogen and oxygen atoms in total. The van der Waals surface area contributed by atoms with Gasteiger partial charge in [0.2, 0.25) is 4.96 Å². The zero-order valence-corrected chi connectivity index (χ0v) is 10.6. The number of hydrogen-bond acceptors (Lipinski definition) is 5. The molecule has 0 atom stereocenters. The van der Waals surface area contributed by atoms with Crippen molar-refractivity contribution in [3.05, 3.63) is 41.2 Å². The van der Waals surface area contributed by atoms with Gasteiger partial charge in [0.1, 0.15) is 11.3 Å². The van der Waals surface area contributed by atoms with Crippen molar-refractivity contribution in [3.63, 3.8) is 0 Å². The van der Waals surface area contributed by atoms with E-state index in [0.29, 0.717) is 0 Å². The molecule has 0 saturated carbocycles. The Labute approximate surface area is 108 Å². The van der Waals surface area contributed by atoms with Crippen molar-refractivity contribution in [2.75, 3.05) is 5.73 Å². The van der Waals surface area contributed by atoms with Gasteiger partial charge in [-0.3, -0.25) is 0 Å². The third kappa shape index (κ3) is 2.33. The van der Waals surface area contributed by atoms with Gasteiger partial charge < -0.3 is 5.73 Å². The number of fused-ring (bicyclic) bond motifs is 1. The Morgan fingerprint density at radius 2 is 2.00 bits per heavy atom. The summed E-state index contributed by atoms with van der Waals surface area (Å²) in [4.78, 5) is 0.859. The lowest BCUT2D eigenvalue weighted by Gasteiger charge is -2.00. The molecule has 0 fully saturated rings. The highest BCUT2D eigenvalue weighted by Crippen LogP contribution is 2.15. The number of hydrogen-bond donors (Lipinski definition) is 1. The predicted molar refractivity (Wildman–Crippen MR) is 71.5 cm³/mol. The molecule has 0 aliphatic heterocycles. The summed E-state index contributed by atoms with van der Waals surface area (Å²) in [5.41, 5.74) is 7.78. The molecule has 3 aromatic rings. The second kappa shape index (κ2) is 4.73. The molecule has 6 heteroatoms. The van der Waals surface area contributed by atoms with Crippen LogP contribution in [0.15, 0.2) is 30.6 Å². The fraction of sp³-hybridized carbons (Fsp3) is 0.250. The zero-order valence-electron chi connectivity index (χ0n) is 9.78. The molecule has 2 aromatic heterocycles. The van der Waals surface area contributed by atoms with Gasteiger partial charge in [0, 0.05) is 12.1 Å². The first-order valence-corrected chi connectivity index (χ1v) is 6.63. The van der Waals surface area contributed by atoms with E-state index in [4.69, 9.17) is 5.73 Å². The lowest BCUT2D eigenvalue weighted by molar-refractivity contribution is 0.787. The molecule has 92 valence electrons. The molecule has 2 heterocycles. The molecule has 0 saturated heterocycles. The van der Waals surface area contributed by atoms with Crippen LogP contribution in [0.25, 0.3) is 4.96 Å². The fourth-order valence-electron chi connectivity index (χ4n) is 1.83. The lowest BCUT2D eigenvalue weighted by atomic mass is 10.1. The average Bonchev–Trinajstić information content (AvgIpc) is 2.92. The number of anilines is 1. The van der Waals surface area contributed by atoms with Gasteiger partial charge in [0.05, 0.1) is 0 Å². The van der Waals surface area contributed by atoms with Crippen LogP contribution in [-0.2, 0) is 12.8 Å². The SMILES string of the molecule is Nc1ccc(CCCc2nn3cnnc3s2)cc1. The van der Waals surface area contributed by atoms with E-state index in [1.165, 1.54) is 5.56 Å². The van der Waals surface area contributed by atoms with Crippen LogP contribution in [0.3, 0.4) is 0 Å². The van der Waals surface area contributed by atoms with Crippen LogP contribution < -0.4 is 5.73 Å². The predicted octanol–water partition coefficient (Wildman–Crippen LogP) is 1.94. The van der Waals surface area contributed by atoms with Gasteiger partial charge in [-0.2, -0.15) is 9.61 Å². The van der Waals surface area contributed by atoms with Crippen molar-refractivity contribution in [1.29, 1.82) is 0 Å². The van der Waals surface area contributed by atoms with E-state index >= 15 is 0 Å². The molecular formula is C12H13N5S. The molecule has 0 spiro atoms. The topological polar surface area (TPSA) is 69.1 Å². The van der Waals surface area contributed by atoms with Gasteiger partial charge in [-0.1, -0.05) is 23.5 Å². The fourth-order valence-corrected chi connectivity index (χ4v) is 2.69. The standard InChI is InChI=1S/C12H13N5S/c13-10-6-4-9(5-7-10)2-1-3-11-16-17-8-14-15-12(17)18-11/h4-8H,1-3,13H2. The number of aryl methyl sites for hydroxylation is 2. The summed E-state index contributed by atoms with van der Waals surface area (Å²) in [6, 6.07) is 8.04. The van der Waals surface area contributed by atoms with E-state index < -0.39 is 0 Å². The Morgan fingerprint density at radius 1 is 1.17 bits per heavy atom. The minimum absolute atomic E-state index is 0.812. The first kappa shape index (κ1) is 11.2. The molecule has 0 aliphatic rings. The molecule has 18 heavy (non-hydrogen) atoms. The highest BCUT2D eigenvalue weighted by molar-refractivity contribution is 7.16. The third-order valence-electron chi connectivity index (χ3n) is 2.76. The maximum absolute atomic E-state index is 5.65. The Bertz CT molecular complexity index is 611. The van der Waals surface area contributed by atoms with E-state index in [2.05, 4.69) is 27.4 Å². The van der Waals surface area contributed by atoms with E-state index in [9.17, 15) is 0 Å². The summed E-state index contributed by atoms with van der Waals surface area (Å²) >= 11 is 1.60. The van der Waals surface area contributed by atoms with Crippen LogP contribution in [0.4, 0.5) is 5.69 Å². The van der Waals surface area contributed by atoms with E-state index in [0.717, 1.165) is 34.9 Å². The molecule has 2 N–H and O–H groups in total. The molecule has 1 aromatic carbocycles. The summed E-state index contributed by atoms with van der Waals surface area (Å²) in [5, 5.41) is 13.3. The van der Waals surface area contributed by atoms with Crippen molar-refractivity contribution in [3.8, 4) is 0 Å². The van der Waals surface area contributed by atoms with Crippen molar-refractivity contribution in [2.24, 2.45) is 0 Å². The van der Waals surface area contributed by atoms with Crippen molar-refractivity contribution in [2.45, 2.75) is 19.3 Å². The Kier molecular flexibility index (Phi) is 2.93. The van der Waals surface area contributed by atoms with E-state index in [1.54, 1.807) is 22.2 Å². The summed E-state index contributed by atoms with van der Waals surface area (Å²) in [7, 11) is 0. The Morgan fingerprint density at radius 3 is 2.78 bits per heavy atom. The summed E-state index contributed by atoms with van der Waals surface area (Å²) in [5.74, 6) is 0. The molecule has 0 amide bonds. The van der Waals surface area contributed by atoms with Crippen LogP contribution in [0.5, 0.6) is 0 Å². The first-order valence-electron chi connectivity index (χ1n) is 5.81. The molecule has 3 rings (SSSR count). The van der Waals surface area contributed by atoms with E-state index in [1.807, 2.05) is 12.1 Å². The van der Waals surface area contributed by atoms with Crippen LogP contribution in [-0.4, -0.2) is 19.8 Å². The monoisotopic (exact) mass is 259 g/mol. The van der Waals surface area contributed by atoms with Gasteiger partial charge >= 0.3 is 0 Å². The maximum Gasteiger partial charge on any atom is 0.234 e. The van der Waals surface area contributed by atoms with Crippen LogP contribution in [0, 0.1) is 0 Å². The highest BCUT2D eigenvalue weighted by Gasteiger charge is 2.04. The minimum Gasteiger partial charge on any atom is -0.399 e. The number of benzene rings is 1. The van der Waals surface area contributed by atoms with Gasteiger partial charge in [0.25, 0.3) is 0 Å². The average molecular weight is 259 g/mol. The quantitative estimate of drug-likeness (QED) is 0.727. The summed E-state index contributed by atoms with van der Waals surface area (Å²) in [6.07, 6.45) is 4.72. The minimum atomic E-state index is 0.812. The largest absolute Gasteiger partial charge is 0.399 e. The zero-order chi connectivity index (χ0) is 12.4. The van der Waals surface area contributed by atoms with Crippen molar-refractivity contribution < 1.29 is 0 Å². The Balaban J connectivity index is 1.58. The van der Waals surface area contributed by atoms with E-state index in [-0.39, 0.29) is 0 Å². The first-order chi connectivity index (χ1) is 8.81. The maximum atomic E-state index is 5.65. The molecular weight excluding hydrogens is 246 g/mol. The third-order valence-corrected chi connectivity index (χ3v) is 3.74. The normalized spacial score (nSPS) is 11.1. The van der Waals surface area contributed by atoms with Crippen molar-refractivity contribution in [1.82, 2.24) is 19.8 Å². The number of nitrogens with two attached hydrogens (primary N) is 1. The summed E-state index contributed by atoms with van der Waals surface area (Å²) in [6.45, 7) is 0. The number of nitrogens with zero attached hydrogens (tertiary/aromatic N) is 4.